The van der Waals surface area contributed by atoms with E-state index in [1.165, 1.54) is 10.8 Å². The summed E-state index contributed by atoms with van der Waals surface area (Å²) < 4.78 is 6.66. The minimum Gasteiger partial charge on any atom is -0.464 e. The van der Waals surface area contributed by atoms with Crippen molar-refractivity contribution in [2.24, 2.45) is 0 Å². The number of halogens is 1. The van der Waals surface area contributed by atoms with Crippen LogP contribution in [0.15, 0.2) is 48.7 Å². The zero-order valence-electron chi connectivity index (χ0n) is 8.41. The van der Waals surface area contributed by atoms with Crippen molar-refractivity contribution in [1.29, 1.82) is 0 Å². The smallest absolute Gasteiger partial charge is 0.140 e. The van der Waals surface area contributed by atoms with Crippen molar-refractivity contribution >= 4 is 33.4 Å². The van der Waals surface area contributed by atoms with Crippen LogP contribution in [0.4, 0.5) is 0 Å². The molecule has 0 heterocycles. The SMILES string of the molecule is C/C=C/Oc1ccc2ccccc2c1I. The molecule has 0 N–H and O–H groups in total. The highest BCUT2D eigenvalue weighted by molar-refractivity contribution is 14.1. The van der Waals surface area contributed by atoms with Crippen molar-refractivity contribution in [1.82, 2.24) is 0 Å². The first-order chi connectivity index (χ1) is 7.33. The van der Waals surface area contributed by atoms with E-state index in [1.54, 1.807) is 6.26 Å². The summed E-state index contributed by atoms with van der Waals surface area (Å²) in [5.41, 5.74) is 0. The van der Waals surface area contributed by atoms with Crippen LogP contribution in [0.5, 0.6) is 5.75 Å². The van der Waals surface area contributed by atoms with Crippen LogP contribution in [-0.2, 0) is 0 Å². The van der Waals surface area contributed by atoms with E-state index in [4.69, 9.17) is 4.74 Å². The van der Waals surface area contributed by atoms with E-state index in [1.807, 2.05) is 31.2 Å². The molecule has 0 fully saturated rings. The molecule has 0 aliphatic carbocycles. The maximum absolute atomic E-state index is 5.51. The second-order valence-corrected chi connectivity index (χ2v) is 4.26. The molecule has 0 aliphatic rings. The molecule has 0 spiro atoms. The van der Waals surface area contributed by atoms with Crippen LogP contribution in [0.1, 0.15) is 6.92 Å². The average molecular weight is 310 g/mol. The highest BCUT2D eigenvalue weighted by atomic mass is 127. The predicted molar refractivity (Wildman–Crippen MR) is 72.1 cm³/mol. The molecule has 15 heavy (non-hydrogen) atoms. The number of hydrogen-bond donors (Lipinski definition) is 0. The number of ether oxygens (including phenoxy) is 1. The van der Waals surface area contributed by atoms with Crippen LogP contribution < -0.4 is 4.74 Å². The topological polar surface area (TPSA) is 9.23 Å². The number of rotatable bonds is 2. The van der Waals surface area contributed by atoms with E-state index in [0.29, 0.717) is 0 Å². The van der Waals surface area contributed by atoms with Gasteiger partial charge in [0.25, 0.3) is 0 Å². The third-order valence-corrected chi connectivity index (χ3v) is 3.27. The van der Waals surface area contributed by atoms with Gasteiger partial charge in [0, 0.05) is 0 Å². The van der Waals surface area contributed by atoms with Crippen molar-refractivity contribution in [2.45, 2.75) is 6.92 Å². The van der Waals surface area contributed by atoms with Crippen molar-refractivity contribution in [3.05, 3.63) is 52.3 Å². The Morgan fingerprint density at radius 3 is 2.73 bits per heavy atom. The van der Waals surface area contributed by atoms with Gasteiger partial charge in [-0.15, -0.1) is 0 Å². The summed E-state index contributed by atoms with van der Waals surface area (Å²) in [5, 5.41) is 2.48. The zero-order chi connectivity index (χ0) is 10.7. The minimum atomic E-state index is 0.910. The van der Waals surface area contributed by atoms with Crippen molar-refractivity contribution in [2.75, 3.05) is 0 Å². The molecule has 76 valence electrons. The van der Waals surface area contributed by atoms with Gasteiger partial charge in [0.1, 0.15) is 5.75 Å². The summed E-state index contributed by atoms with van der Waals surface area (Å²) in [6.07, 6.45) is 3.58. The summed E-state index contributed by atoms with van der Waals surface area (Å²) in [6, 6.07) is 12.4. The molecular formula is C13H11IO. The first-order valence-electron chi connectivity index (χ1n) is 4.78. The van der Waals surface area contributed by atoms with Gasteiger partial charge in [0.15, 0.2) is 0 Å². The Kier molecular flexibility index (Phi) is 3.26. The molecule has 1 nitrogen and oxygen atoms in total. The van der Waals surface area contributed by atoms with Gasteiger partial charge in [0.2, 0.25) is 0 Å². The van der Waals surface area contributed by atoms with Crippen LogP contribution in [0, 0.1) is 3.57 Å². The summed E-state index contributed by atoms with van der Waals surface area (Å²) in [5.74, 6) is 0.910. The Bertz CT molecular complexity index is 503. The fraction of sp³-hybridized carbons (Fsp3) is 0.0769. The van der Waals surface area contributed by atoms with Crippen LogP contribution in [0.2, 0.25) is 0 Å². The van der Waals surface area contributed by atoms with Crippen LogP contribution in [0.3, 0.4) is 0 Å². The van der Waals surface area contributed by atoms with Gasteiger partial charge < -0.3 is 4.74 Å². The molecule has 0 bridgehead atoms. The molecule has 2 rings (SSSR count). The molecule has 2 aromatic carbocycles. The van der Waals surface area contributed by atoms with Gasteiger partial charge >= 0.3 is 0 Å². The van der Waals surface area contributed by atoms with Crippen LogP contribution in [-0.4, -0.2) is 0 Å². The van der Waals surface area contributed by atoms with Crippen molar-refractivity contribution in [3.63, 3.8) is 0 Å². The normalized spacial score (nSPS) is 11.1. The second-order valence-electron chi connectivity index (χ2n) is 3.19. The van der Waals surface area contributed by atoms with E-state index < -0.39 is 0 Å². The van der Waals surface area contributed by atoms with E-state index >= 15 is 0 Å². The Labute approximate surface area is 103 Å². The van der Waals surface area contributed by atoms with Gasteiger partial charge in [-0.2, -0.15) is 0 Å². The highest BCUT2D eigenvalue weighted by Crippen LogP contribution is 2.29. The van der Waals surface area contributed by atoms with Gasteiger partial charge in [0.05, 0.1) is 9.83 Å². The minimum absolute atomic E-state index is 0.910. The molecule has 2 aromatic rings. The Morgan fingerprint density at radius 2 is 1.93 bits per heavy atom. The van der Waals surface area contributed by atoms with Gasteiger partial charge in [-0.25, -0.2) is 0 Å². The average Bonchev–Trinajstić information content (AvgIpc) is 2.29. The summed E-state index contributed by atoms with van der Waals surface area (Å²) in [7, 11) is 0. The largest absolute Gasteiger partial charge is 0.464 e. The Hall–Kier alpha value is -1.03. The Balaban J connectivity index is 2.55. The first-order valence-corrected chi connectivity index (χ1v) is 5.86. The molecular weight excluding hydrogens is 299 g/mol. The maximum atomic E-state index is 5.51. The third kappa shape index (κ3) is 2.15. The van der Waals surface area contributed by atoms with E-state index in [0.717, 1.165) is 9.32 Å². The second kappa shape index (κ2) is 4.66. The zero-order valence-corrected chi connectivity index (χ0v) is 10.6. The lowest BCUT2D eigenvalue weighted by molar-refractivity contribution is 0.478. The van der Waals surface area contributed by atoms with Gasteiger partial charge in [-0.1, -0.05) is 36.4 Å². The lowest BCUT2D eigenvalue weighted by atomic mass is 10.1. The number of fused-ring (bicyclic) bond motifs is 1. The standard InChI is InChI=1S/C13H11IO/c1-2-9-15-12-8-7-10-5-3-4-6-11(10)13(12)14/h2-9H,1H3/b9-2+. The molecule has 0 unspecified atom stereocenters. The fourth-order valence-electron chi connectivity index (χ4n) is 1.45. The highest BCUT2D eigenvalue weighted by Gasteiger charge is 2.03. The molecule has 0 aromatic heterocycles. The fourth-order valence-corrected chi connectivity index (χ4v) is 2.24. The maximum Gasteiger partial charge on any atom is 0.140 e. The molecule has 0 aliphatic heterocycles. The van der Waals surface area contributed by atoms with E-state index in [-0.39, 0.29) is 0 Å². The van der Waals surface area contributed by atoms with Gasteiger partial charge in [-0.3, -0.25) is 0 Å². The lowest BCUT2D eigenvalue weighted by Crippen LogP contribution is -1.87. The Morgan fingerprint density at radius 1 is 1.13 bits per heavy atom. The molecule has 0 saturated heterocycles. The van der Waals surface area contributed by atoms with Gasteiger partial charge in [-0.05, 0) is 46.4 Å². The quantitative estimate of drug-likeness (QED) is 0.592. The van der Waals surface area contributed by atoms with Crippen molar-refractivity contribution < 1.29 is 4.74 Å². The molecule has 0 amide bonds. The molecule has 0 atom stereocenters. The summed E-state index contributed by atoms with van der Waals surface area (Å²) in [6.45, 7) is 1.94. The third-order valence-electron chi connectivity index (χ3n) is 2.16. The van der Waals surface area contributed by atoms with E-state index in [2.05, 4.69) is 40.8 Å². The van der Waals surface area contributed by atoms with E-state index in [9.17, 15) is 0 Å². The number of hydrogen-bond acceptors (Lipinski definition) is 1. The lowest BCUT2D eigenvalue weighted by Gasteiger charge is -2.06. The molecule has 0 saturated carbocycles. The number of allylic oxidation sites excluding steroid dienone is 1. The first kappa shape index (κ1) is 10.5. The summed E-state index contributed by atoms with van der Waals surface area (Å²) >= 11 is 2.32. The number of benzene rings is 2. The predicted octanol–water partition coefficient (Wildman–Crippen LogP) is 4.36. The van der Waals surface area contributed by atoms with Crippen molar-refractivity contribution in [3.8, 4) is 5.75 Å². The monoisotopic (exact) mass is 310 g/mol. The molecule has 2 heteroatoms. The molecule has 0 radical (unpaired) electrons. The summed E-state index contributed by atoms with van der Waals surface area (Å²) in [4.78, 5) is 0. The van der Waals surface area contributed by atoms with Crippen LogP contribution >= 0.6 is 22.6 Å². The van der Waals surface area contributed by atoms with Crippen LogP contribution in [0.25, 0.3) is 10.8 Å².